The van der Waals surface area contributed by atoms with Gasteiger partial charge in [-0.3, -0.25) is 0 Å². The van der Waals surface area contributed by atoms with E-state index in [2.05, 4.69) is 20.4 Å². The van der Waals surface area contributed by atoms with E-state index in [1.54, 1.807) is 29.2 Å². The summed E-state index contributed by atoms with van der Waals surface area (Å²) in [6, 6.07) is 7.54. The zero-order valence-corrected chi connectivity index (χ0v) is 12.8. The van der Waals surface area contributed by atoms with Crippen molar-refractivity contribution >= 4 is 17.5 Å². The molecule has 23 heavy (non-hydrogen) atoms. The second-order valence-corrected chi connectivity index (χ2v) is 5.33. The number of aromatic nitrogens is 4. The van der Waals surface area contributed by atoms with Crippen LogP contribution in [0.25, 0.3) is 5.69 Å². The molecule has 0 unspecified atom stereocenters. The number of hydrogen-bond acceptors (Lipinski definition) is 4. The van der Waals surface area contributed by atoms with Crippen molar-refractivity contribution < 1.29 is 8.78 Å². The molecule has 0 aliphatic heterocycles. The Bertz CT molecular complexity index is 799. The Morgan fingerprint density at radius 3 is 2.43 bits per heavy atom. The van der Waals surface area contributed by atoms with Crippen LogP contribution in [-0.4, -0.2) is 19.7 Å². The maximum atomic E-state index is 13.1. The van der Waals surface area contributed by atoms with Crippen LogP contribution in [0.15, 0.2) is 42.7 Å². The lowest BCUT2D eigenvalue weighted by atomic mass is 10.2. The van der Waals surface area contributed by atoms with Gasteiger partial charge in [0.15, 0.2) is 0 Å². The van der Waals surface area contributed by atoms with Gasteiger partial charge in [-0.1, -0.05) is 11.6 Å². The average molecular weight is 336 g/mol. The molecular weight excluding hydrogens is 324 g/mol. The van der Waals surface area contributed by atoms with E-state index in [9.17, 15) is 8.78 Å². The molecule has 8 heteroatoms. The van der Waals surface area contributed by atoms with Crippen molar-refractivity contribution in [2.24, 2.45) is 0 Å². The molecule has 0 aliphatic rings. The topological polar surface area (TPSA) is 55.6 Å². The van der Waals surface area contributed by atoms with Crippen molar-refractivity contribution in [2.45, 2.75) is 13.0 Å². The fourth-order valence-corrected chi connectivity index (χ4v) is 2.15. The maximum absolute atomic E-state index is 13.1. The van der Waals surface area contributed by atoms with Crippen molar-refractivity contribution in [1.29, 1.82) is 0 Å². The molecule has 0 radical (unpaired) electrons. The number of anilines is 1. The molecule has 0 saturated carbocycles. The molecule has 5 nitrogen and oxygen atoms in total. The van der Waals surface area contributed by atoms with E-state index < -0.39 is 11.9 Å². The predicted octanol–water partition coefficient (Wildman–Crippen LogP) is 3.77. The van der Waals surface area contributed by atoms with E-state index in [-0.39, 0.29) is 12.0 Å². The molecule has 2 aromatic heterocycles. The van der Waals surface area contributed by atoms with Gasteiger partial charge in [-0.25, -0.2) is 4.68 Å². The first kappa shape index (κ1) is 15.4. The van der Waals surface area contributed by atoms with E-state index in [0.717, 1.165) is 11.3 Å². The summed E-state index contributed by atoms with van der Waals surface area (Å²) < 4.78 is 27.8. The first-order valence-corrected chi connectivity index (χ1v) is 7.16. The summed E-state index contributed by atoms with van der Waals surface area (Å²) >= 11 is 5.86. The highest BCUT2D eigenvalue weighted by Gasteiger charge is 2.12. The number of hydrogen-bond donors (Lipinski definition) is 1. The van der Waals surface area contributed by atoms with Crippen molar-refractivity contribution in [3.8, 4) is 5.69 Å². The van der Waals surface area contributed by atoms with Gasteiger partial charge in [-0.2, -0.15) is 23.8 Å². The summed E-state index contributed by atoms with van der Waals surface area (Å²) in [6.45, 7) is 1.81. The van der Waals surface area contributed by atoms with Crippen LogP contribution >= 0.6 is 11.6 Å². The highest BCUT2D eigenvalue weighted by Crippen LogP contribution is 2.19. The van der Waals surface area contributed by atoms with Gasteiger partial charge in [0.05, 0.1) is 17.9 Å². The molecule has 1 aromatic carbocycles. The van der Waals surface area contributed by atoms with E-state index in [1.807, 2.05) is 19.1 Å². The third-order valence-electron chi connectivity index (χ3n) is 3.20. The van der Waals surface area contributed by atoms with Gasteiger partial charge in [0, 0.05) is 22.8 Å². The first-order valence-electron chi connectivity index (χ1n) is 6.78. The third-order valence-corrected chi connectivity index (χ3v) is 3.45. The number of benzene rings is 1. The van der Waals surface area contributed by atoms with Gasteiger partial charge >= 0.3 is 0 Å². The quantitative estimate of drug-likeness (QED) is 0.737. The lowest BCUT2D eigenvalue weighted by Crippen LogP contribution is -2.10. The normalized spacial score (nSPS) is 12.2. The van der Waals surface area contributed by atoms with Crippen LogP contribution in [0.4, 0.5) is 14.7 Å². The van der Waals surface area contributed by atoms with Crippen LogP contribution in [-0.2, 0) is 0 Å². The maximum Gasteiger partial charge on any atom is 0.228 e. The van der Waals surface area contributed by atoms with Crippen LogP contribution in [0, 0.1) is 11.9 Å². The summed E-state index contributed by atoms with van der Waals surface area (Å²) in [5.74, 6) is -1.97. The Balaban J connectivity index is 1.78. The monoisotopic (exact) mass is 335 g/mol. The number of nitrogens with zero attached hydrogens (tertiary/aromatic N) is 4. The Labute approximate surface area is 136 Å². The predicted molar refractivity (Wildman–Crippen MR) is 82.6 cm³/mol. The fourth-order valence-electron chi connectivity index (χ4n) is 2.03. The lowest BCUT2D eigenvalue weighted by molar-refractivity contribution is 0.526. The molecule has 118 valence electrons. The van der Waals surface area contributed by atoms with Crippen LogP contribution in [0.3, 0.4) is 0 Å². The molecule has 1 atom stereocenters. The Morgan fingerprint density at radius 2 is 1.78 bits per heavy atom. The molecule has 2 heterocycles. The van der Waals surface area contributed by atoms with Crippen LogP contribution in [0.5, 0.6) is 0 Å². The smallest absolute Gasteiger partial charge is 0.228 e. The molecule has 0 spiro atoms. The molecule has 0 bridgehead atoms. The number of nitrogens with one attached hydrogen (secondary N) is 1. The Hall–Kier alpha value is -2.54. The van der Waals surface area contributed by atoms with Crippen molar-refractivity contribution in [1.82, 2.24) is 19.7 Å². The molecule has 0 aliphatic carbocycles. The summed E-state index contributed by atoms with van der Waals surface area (Å²) in [5, 5.41) is 7.74. The van der Waals surface area contributed by atoms with Crippen LogP contribution in [0.2, 0.25) is 5.02 Å². The molecule has 0 fully saturated rings. The van der Waals surface area contributed by atoms with E-state index >= 15 is 0 Å². The highest BCUT2D eigenvalue weighted by atomic mass is 35.5. The van der Waals surface area contributed by atoms with Gasteiger partial charge in [0.25, 0.3) is 0 Å². The molecule has 3 aromatic rings. The van der Waals surface area contributed by atoms with Crippen LogP contribution in [0.1, 0.15) is 18.5 Å². The second-order valence-electron chi connectivity index (χ2n) is 4.90. The fraction of sp³-hybridized carbons (Fsp3) is 0.133. The van der Waals surface area contributed by atoms with E-state index in [0.29, 0.717) is 11.1 Å². The average Bonchev–Trinajstić information content (AvgIpc) is 2.97. The van der Waals surface area contributed by atoms with Crippen molar-refractivity contribution in [2.75, 3.05) is 5.32 Å². The van der Waals surface area contributed by atoms with Crippen LogP contribution < -0.4 is 5.32 Å². The first-order chi connectivity index (χ1) is 11.0. The third kappa shape index (κ3) is 3.62. The van der Waals surface area contributed by atoms with E-state index in [4.69, 9.17) is 11.6 Å². The molecule has 3 rings (SSSR count). The highest BCUT2D eigenvalue weighted by molar-refractivity contribution is 6.30. The minimum absolute atomic E-state index is 0.116. The Morgan fingerprint density at radius 1 is 1.13 bits per heavy atom. The van der Waals surface area contributed by atoms with Crippen molar-refractivity contribution in [3.63, 3.8) is 0 Å². The summed E-state index contributed by atoms with van der Waals surface area (Å²) in [6.07, 6.45) is 3.46. The largest absolute Gasteiger partial charge is 0.347 e. The summed E-state index contributed by atoms with van der Waals surface area (Å²) in [5.41, 5.74) is 1.66. The zero-order chi connectivity index (χ0) is 16.4. The molecular formula is C15H12ClF2N5. The SMILES string of the molecule is C[C@H](Nc1nc(F)cc(F)n1)c1cnn(-c2ccc(Cl)cc2)c1. The minimum atomic E-state index is -0.927. The molecule has 1 N–H and O–H groups in total. The van der Waals surface area contributed by atoms with E-state index in [1.165, 1.54) is 0 Å². The lowest BCUT2D eigenvalue weighted by Gasteiger charge is -2.11. The molecule has 0 amide bonds. The number of rotatable bonds is 4. The number of halogens is 3. The minimum Gasteiger partial charge on any atom is -0.347 e. The summed E-state index contributed by atoms with van der Waals surface area (Å²) in [7, 11) is 0. The van der Waals surface area contributed by atoms with Gasteiger partial charge in [-0.05, 0) is 31.2 Å². The second kappa shape index (κ2) is 6.29. The standard InChI is InChI=1S/C15H12ClF2N5/c1-9(20-15-21-13(17)6-14(18)22-15)10-7-19-23(8-10)12-4-2-11(16)3-5-12/h2-9H,1H3,(H,20,21,22)/t9-/m0/s1. The van der Waals surface area contributed by atoms with Gasteiger partial charge in [-0.15, -0.1) is 0 Å². The summed E-state index contributed by atoms with van der Waals surface area (Å²) in [4.78, 5) is 7.01. The van der Waals surface area contributed by atoms with Gasteiger partial charge in [0.1, 0.15) is 0 Å². The van der Waals surface area contributed by atoms with Gasteiger partial charge in [0.2, 0.25) is 17.8 Å². The zero-order valence-electron chi connectivity index (χ0n) is 12.0. The van der Waals surface area contributed by atoms with Gasteiger partial charge < -0.3 is 5.32 Å². The molecule has 0 saturated heterocycles. The Kier molecular flexibility index (Phi) is 4.20. The van der Waals surface area contributed by atoms with Crippen molar-refractivity contribution in [3.05, 3.63) is 65.2 Å².